The molecule has 6 aromatic carbocycles. The van der Waals surface area contributed by atoms with E-state index in [-0.39, 0.29) is 0 Å². The quantitative estimate of drug-likeness (QED) is 0.234. The molecule has 0 spiro atoms. The Morgan fingerprint density at radius 2 is 1.08 bits per heavy atom. The van der Waals surface area contributed by atoms with Crippen molar-refractivity contribution in [3.63, 3.8) is 0 Å². The van der Waals surface area contributed by atoms with Crippen LogP contribution in [0.5, 0.6) is 0 Å². The van der Waals surface area contributed by atoms with Crippen LogP contribution in [0.3, 0.4) is 0 Å². The highest BCUT2D eigenvalue weighted by atomic mass is 32.1. The van der Waals surface area contributed by atoms with E-state index in [1.54, 1.807) is 0 Å². The highest BCUT2D eigenvalue weighted by molar-refractivity contribution is 7.25. The first-order chi connectivity index (χ1) is 17.8. The Kier molecular flexibility index (Phi) is 4.16. The minimum absolute atomic E-state index is 1.18. The summed E-state index contributed by atoms with van der Waals surface area (Å²) in [6, 6.07) is 46.5. The number of fused-ring (bicyclic) bond motifs is 7. The van der Waals surface area contributed by atoms with Crippen LogP contribution in [-0.4, -0.2) is 4.57 Å². The fraction of sp³-hybridized carbons (Fsp3) is 0. The maximum absolute atomic E-state index is 2.41. The molecular formula is C34H21NS. The molecule has 1 nitrogen and oxygen atoms in total. The van der Waals surface area contributed by atoms with E-state index in [0.717, 1.165) is 0 Å². The number of rotatable bonds is 2. The molecule has 2 heterocycles. The summed E-state index contributed by atoms with van der Waals surface area (Å²) in [5.74, 6) is 0. The summed E-state index contributed by atoms with van der Waals surface area (Å²) in [7, 11) is 0. The van der Waals surface area contributed by atoms with Crippen molar-refractivity contribution in [2.45, 2.75) is 0 Å². The van der Waals surface area contributed by atoms with Crippen LogP contribution in [0.25, 0.3) is 69.6 Å². The Morgan fingerprint density at radius 3 is 1.94 bits per heavy atom. The Bertz CT molecular complexity index is 2080. The van der Waals surface area contributed by atoms with Gasteiger partial charge in [0.15, 0.2) is 0 Å². The Morgan fingerprint density at radius 1 is 0.417 bits per heavy atom. The monoisotopic (exact) mass is 475 g/mol. The molecule has 0 bridgehead atoms. The standard InChI is InChI=1S/C34H21NS/c1-2-8-22(9-3-1)23-14-16-26(17-15-23)35-31-12-6-4-10-27(31)29-18-25-21-34-30(19-24(25)20-32(29)35)28-11-5-7-13-33(28)36-34/h1-21H. The molecule has 0 unspecified atom stereocenters. The van der Waals surface area contributed by atoms with Gasteiger partial charge in [0.25, 0.3) is 0 Å². The van der Waals surface area contributed by atoms with Gasteiger partial charge < -0.3 is 4.57 Å². The molecule has 2 heteroatoms. The van der Waals surface area contributed by atoms with Gasteiger partial charge in [-0.25, -0.2) is 0 Å². The van der Waals surface area contributed by atoms with E-state index in [9.17, 15) is 0 Å². The highest BCUT2D eigenvalue weighted by Crippen LogP contribution is 2.40. The third kappa shape index (κ3) is 2.89. The Balaban J connectivity index is 1.40. The molecule has 0 saturated heterocycles. The summed E-state index contributed by atoms with van der Waals surface area (Å²) in [4.78, 5) is 0. The van der Waals surface area contributed by atoms with Crippen molar-refractivity contribution in [3.8, 4) is 16.8 Å². The zero-order chi connectivity index (χ0) is 23.6. The maximum atomic E-state index is 2.41. The highest BCUT2D eigenvalue weighted by Gasteiger charge is 2.14. The van der Waals surface area contributed by atoms with Crippen molar-refractivity contribution in [1.82, 2.24) is 4.57 Å². The van der Waals surface area contributed by atoms with Crippen molar-refractivity contribution < 1.29 is 0 Å². The average molecular weight is 476 g/mol. The largest absolute Gasteiger partial charge is 0.309 e. The lowest BCUT2D eigenvalue weighted by atomic mass is 10.0. The van der Waals surface area contributed by atoms with Gasteiger partial charge in [-0.3, -0.25) is 0 Å². The first kappa shape index (κ1) is 19.9. The minimum atomic E-state index is 1.18. The van der Waals surface area contributed by atoms with Crippen LogP contribution in [0.2, 0.25) is 0 Å². The van der Waals surface area contributed by atoms with Gasteiger partial charge in [-0.05, 0) is 70.4 Å². The molecule has 0 N–H and O–H groups in total. The first-order valence-corrected chi connectivity index (χ1v) is 13.1. The van der Waals surface area contributed by atoms with E-state index < -0.39 is 0 Å². The summed E-state index contributed by atoms with van der Waals surface area (Å²) in [5.41, 5.74) is 6.14. The normalized spacial score (nSPS) is 11.9. The lowest BCUT2D eigenvalue weighted by Crippen LogP contribution is -1.93. The molecule has 0 aliphatic heterocycles. The van der Waals surface area contributed by atoms with Crippen LogP contribution in [0, 0.1) is 0 Å². The second kappa shape index (κ2) is 7.55. The molecule has 36 heavy (non-hydrogen) atoms. The minimum Gasteiger partial charge on any atom is -0.309 e. The molecule has 0 amide bonds. The second-order valence-corrected chi connectivity index (χ2v) is 10.5. The lowest BCUT2D eigenvalue weighted by Gasteiger charge is -2.10. The van der Waals surface area contributed by atoms with E-state index in [2.05, 4.69) is 132 Å². The van der Waals surface area contributed by atoms with Gasteiger partial charge in [-0.15, -0.1) is 11.3 Å². The lowest BCUT2D eigenvalue weighted by molar-refractivity contribution is 1.18. The van der Waals surface area contributed by atoms with E-state index in [1.807, 2.05) is 11.3 Å². The topological polar surface area (TPSA) is 4.93 Å². The van der Waals surface area contributed by atoms with Crippen LogP contribution in [0.1, 0.15) is 0 Å². The van der Waals surface area contributed by atoms with E-state index >= 15 is 0 Å². The van der Waals surface area contributed by atoms with Crippen molar-refractivity contribution in [2.24, 2.45) is 0 Å². The summed E-state index contributed by atoms with van der Waals surface area (Å²) in [6.07, 6.45) is 0. The summed E-state index contributed by atoms with van der Waals surface area (Å²) in [5, 5.41) is 7.85. The Hall–Kier alpha value is -4.40. The molecule has 0 aliphatic carbocycles. The smallest absolute Gasteiger partial charge is 0.0547 e. The molecule has 0 radical (unpaired) electrons. The molecule has 0 aliphatic rings. The van der Waals surface area contributed by atoms with E-state index in [0.29, 0.717) is 0 Å². The number of aromatic nitrogens is 1. The molecule has 2 aromatic heterocycles. The van der Waals surface area contributed by atoms with Gasteiger partial charge in [0.2, 0.25) is 0 Å². The van der Waals surface area contributed by atoms with Crippen LogP contribution < -0.4 is 0 Å². The molecule has 0 fully saturated rings. The number of hydrogen-bond donors (Lipinski definition) is 0. The maximum Gasteiger partial charge on any atom is 0.0547 e. The van der Waals surface area contributed by atoms with E-state index in [1.165, 1.54) is 69.6 Å². The van der Waals surface area contributed by atoms with Crippen LogP contribution in [-0.2, 0) is 0 Å². The van der Waals surface area contributed by atoms with Gasteiger partial charge in [-0.1, -0.05) is 78.9 Å². The Labute approximate surface area is 212 Å². The SMILES string of the molecule is c1ccc(-c2ccc(-n3c4ccccc4c4cc5cc6sc7ccccc7c6cc5cc43)cc2)cc1. The molecule has 168 valence electrons. The average Bonchev–Trinajstić information content (AvgIpc) is 3.46. The first-order valence-electron chi connectivity index (χ1n) is 12.3. The van der Waals surface area contributed by atoms with Crippen LogP contribution in [0.4, 0.5) is 0 Å². The van der Waals surface area contributed by atoms with Crippen LogP contribution >= 0.6 is 11.3 Å². The number of hydrogen-bond acceptors (Lipinski definition) is 1. The predicted octanol–water partition coefficient (Wildman–Crippen LogP) is 9.97. The van der Waals surface area contributed by atoms with Gasteiger partial charge >= 0.3 is 0 Å². The number of nitrogens with zero attached hydrogens (tertiary/aromatic N) is 1. The summed E-state index contributed by atoms with van der Waals surface area (Å²) < 4.78 is 5.11. The second-order valence-electron chi connectivity index (χ2n) is 9.43. The third-order valence-corrected chi connectivity index (χ3v) is 8.49. The van der Waals surface area contributed by atoms with Crippen molar-refractivity contribution in [3.05, 3.63) is 127 Å². The number of benzene rings is 6. The predicted molar refractivity (Wildman–Crippen MR) is 157 cm³/mol. The van der Waals surface area contributed by atoms with Gasteiger partial charge in [-0.2, -0.15) is 0 Å². The molecule has 0 saturated carbocycles. The zero-order valence-corrected chi connectivity index (χ0v) is 20.3. The van der Waals surface area contributed by atoms with Crippen molar-refractivity contribution in [1.29, 1.82) is 0 Å². The molecule has 8 rings (SSSR count). The summed E-state index contributed by atoms with van der Waals surface area (Å²) in [6.45, 7) is 0. The number of thiophene rings is 1. The molecule has 8 aromatic rings. The van der Waals surface area contributed by atoms with Crippen molar-refractivity contribution in [2.75, 3.05) is 0 Å². The fourth-order valence-corrected chi connectivity index (χ4v) is 6.78. The third-order valence-electron chi connectivity index (χ3n) is 7.36. The van der Waals surface area contributed by atoms with Crippen molar-refractivity contribution >= 4 is 64.1 Å². The van der Waals surface area contributed by atoms with E-state index in [4.69, 9.17) is 0 Å². The fourth-order valence-electron chi connectivity index (χ4n) is 5.65. The van der Waals surface area contributed by atoms with Gasteiger partial charge in [0.05, 0.1) is 11.0 Å². The number of para-hydroxylation sites is 1. The molecule has 0 atom stereocenters. The molecular weight excluding hydrogens is 454 g/mol. The van der Waals surface area contributed by atoms with Gasteiger partial charge in [0.1, 0.15) is 0 Å². The zero-order valence-electron chi connectivity index (χ0n) is 19.5. The summed E-state index contributed by atoms with van der Waals surface area (Å²) >= 11 is 1.88. The van der Waals surface area contributed by atoms with Gasteiger partial charge in [0, 0.05) is 36.6 Å². The van der Waals surface area contributed by atoms with Crippen LogP contribution in [0.15, 0.2) is 127 Å².